The standard InChI is InChI=1S/C17H15ClN2O2/c1-11(13-9-5-6-10-14(13)18)19-20-17(21)16-15(22-16)12-7-3-2-4-8-12/h2-10,15-16H,1H3,(H,20,21)/b19-11-. The molecule has 1 heterocycles. The Hall–Kier alpha value is -2.17. The maximum absolute atomic E-state index is 12.0. The second-order valence-electron chi connectivity index (χ2n) is 5.04. The average molecular weight is 315 g/mol. The number of carbonyl (C=O) groups is 1. The molecule has 0 saturated carbocycles. The van der Waals surface area contributed by atoms with Gasteiger partial charge in [-0.05, 0) is 18.6 Å². The van der Waals surface area contributed by atoms with Gasteiger partial charge in [0.2, 0.25) is 0 Å². The molecule has 1 amide bonds. The number of epoxide rings is 1. The molecule has 1 saturated heterocycles. The molecule has 1 N–H and O–H groups in total. The molecule has 3 rings (SSSR count). The van der Waals surface area contributed by atoms with Crippen LogP contribution in [-0.4, -0.2) is 17.7 Å². The summed E-state index contributed by atoms with van der Waals surface area (Å²) in [7, 11) is 0. The van der Waals surface area contributed by atoms with E-state index >= 15 is 0 Å². The summed E-state index contributed by atoms with van der Waals surface area (Å²) in [5.74, 6) is -0.250. The molecule has 2 aromatic carbocycles. The molecule has 22 heavy (non-hydrogen) atoms. The first-order valence-corrected chi connectivity index (χ1v) is 7.34. The van der Waals surface area contributed by atoms with Crippen molar-refractivity contribution in [3.8, 4) is 0 Å². The van der Waals surface area contributed by atoms with Crippen molar-refractivity contribution in [3.05, 3.63) is 70.7 Å². The Labute approximate surface area is 133 Å². The highest BCUT2D eigenvalue weighted by Crippen LogP contribution is 2.38. The topological polar surface area (TPSA) is 54.0 Å². The van der Waals surface area contributed by atoms with Gasteiger partial charge in [0.1, 0.15) is 6.10 Å². The van der Waals surface area contributed by atoms with Gasteiger partial charge in [0.25, 0.3) is 5.91 Å². The number of nitrogens with zero attached hydrogens (tertiary/aromatic N) is 1. The molecule has 4 nitrogen and oxygen atoms in total. The fraction of sp³-hybridized carbons (Fsp3) is 0.176. The van der Waals surface area contributed by atoms with Crippen LogP contribution in [0.3, 0.4) is 0 Å². The molecule has 1 aliphatic rings. The van der Waals surface area contributed by atoms with Gasteiger partial charge >= 0.3 is 0 Å². The summed E-state index contributed by atoms with van der Waals surface area (Å²) in [5.41, 5.74) is 4.97. The quantitative estimate of drug-likeness (QED) is 0.535. The third-order valence-electron chi connectivity index (χ3n) is 3.48. The second kappa shape index (κ2) is 6.30. The fourth-order valence-corrected chi connectivity index (χ4v) is 2.50. The van der Waals surface area contributed by atoms with Crippen molar-refractivity contribution in [2.24, 2.45) is 5.10 Å². The normalized spacial score (nSPS) is 20.5. The Morgan fingerprint density at radius 1 is 1.14 bits per heavy atom. The van der Waals surface area contributed by atoms with Crippen LogP contribution in [0.2, 0.25) is 5.02 Å². The van der Waals surface area contributed by atoms with Crippen LogP contribution in [0.5, 0.6) is 0 Å². The molecule has 2 unspecified atom stereocenters. The van der Waals surface area contributed by atoms with Gasteiger partial charge in [-0.25, -0.2) is 5.43 Å². The van der Waals surface area contributed by atoms with E-state index in [4.69, 9.17) is 16.3 Å². The SMILES string of the molecule is C/C(=N/NC(=O)C1OC1c1ccccc1)c1ccccc1Cl. The number of hydrogen-bond acceptors (Lipinski definition) is 3. The van der Waals surface area contributed by atoms with Crippen LogP contribution in [-0.2, 0) is 9.53 Å². The van der Waals surface area contributed by atoms with E-state index in [1.165, 1.54) is 0 Å². The number of rotatable bonds is 4. The van der Waals surface area contributed by atoms with Crippen molar-refractivity contribution in [2.75, 3.05) is 0 Å². The summed E-state index contributed by atoms with van der Waals surface area (Å²) in [6.45, 7) is 1.80. The van der Waals surface area contributed by atoms with Gasteiger partial charge in [-0.2, -0.15) is 5.10 Å². The Morgan fingerprint density at radius 2 is 1.82 bits per heavy atom. The van der Waals surface area contributed by atoms with Crippen LogP contribution in [0.25, 0.3) is 0 Å². The van der Waals surface area contributed by atoms with Crippen molar-refractivity contribution in [2.45, 2.75) is 19.1 Å². The smallest absolute Gasteiger partial charge is 0.272 e. The number of amides is 1. The third kappa shape index (κ3) is 3.18. The molecular weight excluding hydrogens is 300 g/mol. The Balaban J connectivity index is 1.62. The first kappa shape index (κ1) is 14.8. The lowest BCUT2D eigenvalue weighted by molar-refractivity contribution is -0.122. The maximum Gasteiger partial charge on any atom is 0.272 e. The van der Waals surface area contributed by atoms with Crippen molar-refractivity contribution >= 4 is 23.2 Å². The third-order valence-corrected chi connectivity index (χ3v) is 3.81. The number of nitrogens with one attached hydrogen (secondary N) is 1. The highest BCUT2D eigenvalue weighted by Gasteiger charge is 2.46. The van der Waals surface area contributed by atoms with Crippen LogP contribution in [0, 0.1) is 0 Å². The number of ether oxygens (including phenoxy) is 1. The molecule has 0 bridgehead atoms. The van der Waals surface area contributed by atoms with E-state index in [0.29, 0.717) is 10.7 Å². The van der Waals surface area contributed by atoms with Gasteiger partial charge < -0.3 is 4.74 Å². The zero-order valence-corrected chi connectivity index (χ0v) is 12.7. The minimum absolute atomic E-state index is 0.183. The largest absolute Gasteiger partial charge is 0.354 e. The van der Waals surface area contributed by atoms with Gasteiger partial charge in [-0.1, -0.05) is 60.1 Å². The van der Waals surface area contributed by atoms with Crippen LogP contribution in [0.1, 0.15) is 24.2 Å². The van der Waals surface area contributed by atoms with Crippen LogP contribution in [0.15, 0.2) is 59.7 Å². The molecule has 2 atom stereocenters. The molecule has 0 radical (unpaired) electrons. The van der Waals surface area contributed by atoms with E-state index in [1.807, 2.05) is 48.5 Å². The molecule has 1 fully saturated rings. The zero-order valence-electron chi connectivity index (χ0n) is 12.0. The summed E-state index contributed by atoms with van der Waals surface area (Å²) in [4.78, 5) is 12.0. The van der Waals surface area contributed by atoms with E-state index in [0.717, 1.165) is 11.1 Å². The first-order valence-electron chi connectivity index (χ1n) is 6.96. The predicted octanol–water partition coefficient (Wildman–Crippen LogP) is 3.32. The van der Waals surface area contributed by atoms with E-state index in [9.17, 15) is 4.79 Å². The number of hydrogen-bond donors (Lipinski definition) is 1. The fourth-order valence-electron chi connectivity index (χ4n) is 2.23. The van der Waals surface area contributed by atoms with Crippen molar-refractivity contribution < 1.29 is 9.53 Å². The lowest BCUT2D eigenvalue weighted by Crippen LogP contribution is -2.24. The van der Waals surface area contributed by atoms with Gasteiger partial charge in [0, 0.05) is 10.6 Å². The minimum atomic E-state index is -0.481. The minimum Gasteiger partial charge on any atom is -0.354 e. The Bertz CT molecular complexity index is 716. The van der Waals surface area contributed by atoms with Crippen molar-refractivity contribution in [1.82, 2.24) is 5.43 Å². The average Bonchev–Trinajstić information content (AvgIpc) is 3.34. The molecule has 112 valence electrons. The van der Waals surface area contributed by atoms with E-state index in [2.05, 4.69) is 10.5 Å². The van der Waals surface area contributed by atoms with Crippen molar-refractivity contribution in [3.63, 3.8) is 0 Å². The Kier molecular flexibility index (Phi) is 4.22. The summed E-state index contributed by atoms with van der Waals surface area (Å²) in [5, 5.41) is 4.70. The van der Waals surface area contributed by atoms with E-state index < -0.39 is 6.10 Å². The maximum atomic E-state index is 12.0. The van der Waals surface area contributed by atoms with Crippen LogP contribution >= 0.6 is 11.6 Å². The summed E-state index contributed by atoms with van der Waals surface area (Å²) >= 11 is 6.09. The number of hydrazone groups is 1. The zero-order chi connectivity index (χ0) is 15.5. The molecule has 1 aliphatic heterocycles. The lowest BCUT2D eigenvalue weighted by Gasteiger charge is -2.03. The second-order valence-corrected chi connectivity index (χ2v) is 5.45. The van der Waals surface area contributed by atoms with Crippen LogP contribution in [0.4, 0.5) is 0 Å². The molecular formula is C17H15ClN2O2. The summed E-state index contributed by atoms with van der Waals surface area (Å²) in [6, 6.07) is 17.0. The van der Waals surface area contributed by atoms with Gasteiger partial charge in [0.05, 0.1) is 5.71 Å². The highest BCUT2D eigenvalue weighted by molar-refractivity contribution is 6.34. The monoisotopic (exact) mass is 314 g/mol. The highest BCUT2D eigenvalue weighted by atomic mass is 35.5. The molecule has 0 spiro atoms. The van der Waals surface area contributed by atoms with E-state index in [-0.39, 0.29) is 12.0 Å². The number of halogens is 1. The number of carbonyl (C=O) groups excluding carboxylic acids is 1. The van der Waals surface area contributed by atoms with E-state index in [1.54, 1.807) is 13.0 Å². The van der Waals surface area contributed by atoms with Gasteiger partial charge in [-0.3, -0.25) is 4.79 Å². The number of benzene rings is 2. The summed E-state index contributed by atoms with van der Waals surface area (Å²) in [6.07, 6.45) is -0.665. The molecule has 0 aromatic heterocycles. The lowest BCUT2D eigenvalue weighted by atomic mass is 10.1. The molecule has 0 aliphatic carbocycles. The van der Waals surface area contributed by atoms with Crippen molar-refractivity contribution in [1.29, 1.82) is 0 Å². The van der Waals surface area contributed by atoms with Crippen LogP contribution < -0.4 is 5.43 Å². The summed E-state index contributed by atoms with van der Waals surface area (Å²) < 4.78 is 5.42. The predicted molar refractivity (Wildman–Crippen MR) is 85.9 cm³/mol. The van der Waals surface area contributed by atoms with Gasteiger partial charge in [-0.15, -0.1) is 0 Å². The van der Waals surface area contributed by atoms with Gasteiger partial charge in [0.15, 0.2) is 6.10 Å². The molecule has 5 heteroatoms. The Morgan fingerprint density at radius 3 is 2.55 bits per heavy atom. The first-order chi connectivity index (χ1) is 10.7. The molecule has 2 aromatic rings.